The minimum Gasteiger partial charge on any atom is -0.477 e. The standard InChI is InChI=1S/C52H89NO7/c1-6-8-10-12-14-16-18-20-22-23-24-25-26-27-28-29-31-32-34-36-38-40-42-50(54)59-47-48(46-58-45-44-49(52(56)57)53(3,4)5)60-51(55)43-41-39-37-35-33-30-21-19-17-15-13-11-9-7-2/h8,10,14,16,20,22,24-25,27-28,30,33,48-49H,6-7,9,11-13,15,17-19,21,23,26,29,31-32,34-47H2,1-5H3/p+1/b10-8+,16-14+,22-20+,25-24+,28-27+,33-30+. The van der Waals surface area contributed by atoms with Crippen LogP contribution in [-0.2, 0) is 28.6 Å². The molecule has 2 atom stereocenters. The molecule has 60 heavy (non-hydrogen) atoms. The normalized spacial score (nSPS) is 13.6. The van der Waals surface area contributed by atoms with Crippen LogP contribution in [0.1, 0.15) is 187 Å². The lowest BCUT2D eigenvalue weighted by molar-refractivity contribution is -0.887. The highest BCUT2D eigenvalue weighted by molar-refractivity contribution is 5.72. The summed E-state index contributed by atoms with van der Waals surface area (Å²) < 4.78 is 17.3. The summed E-state index contributed by atoms with van der Waals surface area (Å²) >= 11 is 0. The smallest absolute Gasteiger partial charge is 0.362 e. The van der Waals surface area contributed by atoms with Gasteiger partial charge in [0.2, 0.25) is 0 Å². The molecule has 0 heterocycles. The van der Waals surface area contributed by atoms with E-state index in [1.54, 1.807) is 0 Å². The number of carboxylic acid groups (broad SMARTS) is 1. The van der Waals surface area contributed by atoms with E-state index in [0.29, 0.717) is 19.3 Å². The van der Waals surface area contributed by atoms with Gasteiger partial charge in [0.15, 0.2) is 12.1 Å². The topological polar surface area (TPSA) is 99.1 Å². The third-order valence-corrected chi connectivity index (χ3v) is 10.3. The number of carbonyl (C=O) groups excluding carboxylic acids is 2. The summed E-state index contributed by atoms with van der Waals surface area (Å²) in [6.45, 7) is 4.58. The number of unbranched alkanes of at least 4 members (excludes halogenated alkanes) is 16. The monoisotopic (exact) mass is 841 g/mol. The molecule has 0 radical (unpaired) electrons. The Morgan fingerprint density at radius 1 is 0.517 bits per heavy atom. The molecular formula is C52H90NO7+. The first-order chi connectivity index (χ1) is 29.1. The molecule has 8 nitrogen and oxygen atoms in total. The number of hydrogen-bond acceptors (Lipinski definition) is 6. The maximum Gasteiger partial charge on any atom is 0.362 e. The van der Waals surface area contributed by atoms with Gasteiger partial charge >= 0.3 is 17.9 Å². The van der Waals surface area contributed by atoms with Crippen molar-refractivity contribution in [3.63, 3.8) is 0 Å². The average molecular weight is 841 g/mol. The zero-order valence-electron chi connectivity index (χ0n) is 39.1. The number of carboxylic acids is 1. The minimum absolute atomic E-state index is 0.0473. The van der Waals surface area contributed by atoms with Crippen molar-refractivity contribution in [2.24, 2.45) is 0 Å². The van der Waals surface area contributed by atoms with Gasteiger partial charge in [0.05, 0.1) is 34.4 Å². The summed E-state index contributed by atoms with van der Waals surface area (Å²) in [6.07, 6.45) is 53.7. The molecule has 0 rings (SSSR count). The summed E-state index contributed by atoms with van der Waals surface area (Å²) in [6, 6.07) is -0.622. The number of ether oxygens (including phenoxy) is 3. The van der Waals surface area contributed by atoms with Crippen molar-refractivity contribution in [1.29, 1.82) is 0 Å². The number of esters is 2. The van der Waals surface area contributed by atoms with Crippen molar-refractivity contribution in [1.82, 2.24) is 0 Å². The number of rotatable bonds is 42. The van der Waals surface area contributed by atoms with E-state index in [0.717, 1.165) is 96.3 Å². The van der Waals surface area contributed by atoms with E-state index in [4.69, 9.17) is 14.2 Å². The molecule has 8 heteroatoms. The zero-order valence-corrected chi connectivity index (χ0v) is 39.1. The van der Waals surface area contributed by atoms with Gasteiger partial charge in [-0.05, 0) is 83.5 Å². The molecular weight excluding hydrogens is 751 g/mol. The van der Waals surface area contributed by atoms with Crippen LogP contribution in [-0.4, -0.2) is 80.6 Å². The highest BCUT2D eigenvalue weighted by Gasteiger charge is 2.31. The molecule has 0 bridgehead atoms. The fourth-order valence-electron chi connectivity index (χ4n) is 6.64. The van der Waals surface area contributed by atoms with Gasteiger partial charge in [-0.25, -0.2) is 4.79 Å². The van der Waals surface area contributed by atoms with E-state index in [1.165, 1.54) is 57.8 Å². The lowest BCUT2D eigenvalue weighted by Crippen LogP contribution is -2.50. The second-order valence-electron chi connectivity index (χ2n) is 17.0. The zero-order chi connectivity index (χ0) is 44.2. The number of carbonyl (C=O) groups is 3. The van der Waals surface area contributed by atoms with Crippen molar-refractivity contribution in [2.45, 2.75) is 199 Å². The molecule has 344 valence electrons. The number of hydrogen-bond donors (Lipinski definition) is 1. The van der Waals surface area contributed by atoms with E-state index in [9.17, 15) is 19.5 Å². The van der Waals surface area contributed by atoms with Crippen LogP contribution in [0.3, 0.4) is 0 Å². The van der Waals surface area contributed by atoms with Crippen molar-refractivity contribution < 1.29 is 38.2 Å². The molecule has 2 unspecified atom stereocenters. The van der Waals surface area contributed by atoms with Gasteiger partial charge in [-0.2, -0.15) is 0 Å². The molecule has 0 aromatic rings. The predicted molar refractivity (Wildman–Crippen MR) is 252 cm³/mol. The Morgan fingerprint density at radius 3 is 1.42 bits per heavy atom. The Kier molecular flexibility index (Phi) is 40.2. The molecule has 0 amide bonds. The maximum atomic E-state index is 12.7. The largest absolute Gasteiger partial charge is 0.477 e. The van der Waals surface area contributed by atoms with Crippen molar-refractivity contribution in [3.05, 3.63) is 72.9 Å². The van der Waals surface area contributed by atoms with E-state index in [-0.39, 0.29) is 36.2 Å². The van der Waals surface area contributed by atoms with Crippen LogP contribution < -0.4 is 0 Å². The summed E-state index contributed by atoms with van der Waals surface area (Å²) in [5.41, 5.74) is 0. The lowest BCUT2D eigenvalue weighted by Gasteiger charge is -2.31. The SMILES string of the molecule is CC/C=C/C/C=C/C/C=C/C/C=C/C/C=C/CCCCCCCCC(=O)OCC(COCCC(C(=O)O)[N+](C)(C)C)OC(=O)CCCCC/C=C/CCCCCCCCC. The van der Waals surface area contributed by atoms with Crippen LogP contribution >= 0.6 is 0 Å². The summed E-state index contributed by atoms with van der Waals surface area (Å²) in [5.74, 6) is -1.51. The first-order valence-corrected chi connectivity index (χ1v) is 24.0. The van der Waals surface area contributed by atoms with Gasteiger partial charge < -0.3 is 23.8 Å². The summed E-state index contributed by atoms with van der Waals surface area (Å²) in [5, 5.41) is 9.63. The summed E-state index contributed by atoms with van der Waals surface area (Å²) in [7, 11) is 5.52. The number of likely N-dealkylation sites (N-methyl/N-ethyl adjacent to an activating group) is 1. The second-order valence-corrected chi connectivity index (χ2v) is 17.0. The third kappa shape index (κ3) is 40.2. The number of allylic oxidation sites excluding steroid dienone is 12. The van der Waals surface area contributed by atoms with Gasteiger partial charge in [-0.15, -0.1) is 0 Å². The quantitative estimate of drug-likeness (QED) is 0.0283. The summed E-state index contributed by atoms with van der Waals surface area (Å²) in [4.78, 5) is 37.1. The van der Waals surface area contributed by atoms with Crippen LogP contribution in [0.2, 0.25) is 0 Å². The van der Waals surface area contributed by atoms with E-state index in [2.05, 4.69) is 86.8 Å². The molecule has 0 aliphatic rings. The molecule has 1 N–H and O–H groups in total. The van der Waals surface area contributed by atoms with Crippen molar-refractivity contribution in [2.75, 3.05) is 41.0 Å². The molecule has 0 spiro atoms. The van der Waals surface area contributed by atoms with E-state index >= 15 is 0 Å². The Balaban J connectivity index is 4.32. The average Bonchev–Trinajstić information content (AvgIpc) is 3.21. The number of nitrogens with zero attached hydrogens (tertiary/aromatic N) is 1. The highest BCUT2D eigenvalue weighted by atomic mass is 16.6. The third-order valence-electron chi connectivity index (χ3n) is 10.3. The predicted octanol–water partition coefficient (Wildman–Crippen LogP) is 13.5. The van der Waals surface area contributed by atoms with Crippen LogP contribution in [0.25, 0.3) is 0 Å². The first kappa shape index (κ1) is 56.8. The number of aliphatic carboxylic acids is 1. The molecule has 0 aliphatic heterocycles. The minimum atomic E-state index is -0.881. The van der Waals surface area contributed by atoms with Crippen molar-refractivity contribution >= 4 is 17.9 Å². The first-order valence-electron chi connectivity index (χ1n) is 24.0. The fraction of sp³-hybridized carbons (Fsp3) is 0.712. The van der Waals surface area contributed by atoms with Gasteiger partial charge in [-0.1, -0.05) is 157 Å². The van der Waals surface area contributed by atoms with Crippen LogP contribution in [0.15, 0.2) is 72.9 Å². The van der Waals surface area contributed by atoms with Crippen LogP contribution in [0.5, 0.6) is 0 Å². The lowest BCUT2D eigenvalue weighted by atomic mass is 10.1. The fourth-order valence-corrected chi connectivity index (χ4v) is 6.64. The Morgan fingerprint density at radius 2 is 0.933 bits per heavy atom. The van der Waals surface area contributed by atoms with Gasteiger partial charge in [0.25, 0.3) is 0 Å². The molecule has 0 aromatic heterocycles. The Labute approximate surface area is 368 Å². The molecule has 0 fully saturated rings. The molecule has 0 saturated carbocycles. The maximum absolute atomic E-state index is 12.7. The second kappa shape index (κ2) is 42.5. The number of quaternary nitrogens is 1. The van der Waals surface area contributed by atoms with Crippen molar-refractivity contribution in [3.8, 4) is 0 Å². The van der Waals surface area contributed by atoms with Crippen LogP contribution in [0, 0.1) is 0 Å². The molecule has 0 aliphatic carbocycles. The van der Waals surface area contributed by atoms with E-state index < -0.39 is 18.1 Å². The van der Waals surface area contributed by atoms with E-state index in [1.807, 2.05) is 21.1 Å². The molecule has 0 aromatic carbocycles. The Hall–Kier alpha value is -3.23. The highest BCUT2D eigenvalue weighted by Crippen LogP contribution is 2.13. The van der Waals surface area contributed by atoms with Gasteiger partial charge in [-0.3, -0.25) is 9.59 Å². The van der Waals surface area contributed by atoms with Crippen LogP contribution in [0.4, 0.5) is 0 Å². The Bertz CT molecular complexity index is 1210. The molecule has 0 saturated heterocycles. The van der Waals surface area contributed by atoms with Gasteiger partial charge in [0.1, 0.15) is 6.61 Å². The van der Waals surface area contributed by atoms with Gasteiger partial charge in [0, 0.05) is 19.3 Å².